The molecule has 0 spiro atoms. The third-order valence-electron chi connectivity index (χ3n) is 5.38. The van der Waals surface area contributed by atoms with E-state index in [2.05, 4.69) is 10.1 Å². The quantitative estimate of drug-likeness (QED) is 0.581. The first kappa shape index (κ1) is 22.0. The first-order valence-corrected chi connectivity index (χ1v) is 11.6. The van der Waals surface area contributed by atoms with Crippen LogP contribution in [0.1, 0.15) is 21.8 Å². The molecule has 0 unspecified atom stereocenters. The van der Waals surface area contributed by atoms with Crippen molar-refractivity contribution in [1.29, 1.82) is 0 Å². The zero-order valence-corrected chi connectivity index (χ0v) is 18.9. The molecule has 0 aliphatic carbocycles. The number of sulfonamides is 1. The number of aromatic nitrogens is 2. The predicted molar refractivity (Wildman–Crippen MR) is 117 cm³/mol. The molecule has 0 N–H and O–H groups in total. The van der Waals surface area contributed by atoms with Crippen molar-refractivity contribution in [3.05, 3.63) is 59.5 Å². The van der Waals surface area contributed by atoms with Gasteiger partial charge in [-0.3, -0.25) is 4.79 Å². The van der Waals surface area contributed by atoms with E-state index in [4.69, 9.17) is 9.26 Å². The Morgan fingerprint density at radius 3 is 2.31 bits per heavy atom. The summed E-state index contributed by atoms with van der Waals surface area (Å²) in [5.74, 6) is 1.10. The zero-order chi connectivity index (χ0) is 22.9. The molecule has 168 valence electrons. The highest BCUT2D eigenvalue weighted by atomic mass is 32.2. The Balaban J connectivity index is 1.44. The van der Waals surface area contributed by atoms with Crippen LogP contribution >= 0.6 is 0 Å². The van der Waals surface area contributed by atoms with Gasteiger partial charge in [0.2, 0.25) is 21.7 Å². The van der Waals surface area contributed by atoms with Crippen molar-refractivity contribution in [1.82, 2.24) is 19.3 Å². The number of carbonyl (C=O) groups is 1. The molecule has 4 rings (SSSR count). The van der Waals surface area contributed by atoms with E-state index in [1.165, 1.54) is 11.4 Å². The molecule has 0 radical (unpaired) electrons. The summed E-state index contributed by atoms with van der Waals surface area (Å²) in [5, 5.41) is 3.87. The van der Waals surface area contributed by atoms with E-state index in [9.17, 15) is 13.2 Å². The molecule has 1 amide bonds. The van der Waals surface area contributed by atoms with Gasteiger partial charge in [-0.2, -0.15) is 9.29 Å². The number of aryl methyl sites for hydroxylation is 2. The van der Waals surface area contributed by atoms with Crippen LogP contribution in [0.3, 0.4) is 0 Å². The van der Waals surface area contributed by atoms with Crippen LogP contribution in [0.4, 0.5) is 0 Å². The van der Waals surface area contributed by atoms with Crippen molar-refractivity contribution in [3.8, 4) is 17.1 Å². The van der Waals surface area contributed by atoms with Crippen LogP contribution in [0.25, 0.3) is 11.4 Å². The number of rotatable bonds is 5. The molecule has 1 fully saturated rings. The molecule has 32 heavy (non-hydrogen) atoms. The third-order valence-corrected chi connectivity index (χ3v) is 7.30. The lowest BCUT2D eigenvalue weighted by molar-refractivity contribution is 0.0698. The second-order valence-electron chi connectivity index (χ2n) is 7.56. The van der Waals surface area contributed by atoms with Gasteiger partial charge >= 0.3 is 0 Å². The number of piperazine rings is 1. The lowest BCUT2D eigenvalue weighted by Gasteiger charge is -2.34. The Hall–Kier alpha value is -3.24. The lowest BCUT2D eigenvalue weighted by atomic mass is 10.1. The molecular formula is C22H24N4O5S. The number of ether oxygens (including phenoxy) is 1. The van der Waals surface area contributed by atoms with Crippen LogP contribution in [-0.2, 0) is 10.0 Å². The van der Waals surface area contributed by atoms with Crippen molar-refractivity contribution >= 4 is 15.9 Å². The third kappa shape index (κ3) is 4.23. The van der Waals surface area contributed by atoms with E-state index in [1.807, 2.05) is 6.92 Å². The highest BCUT2D eigenvalue weighted by Crippen LogP contribution is 2.28. The van der Waals surface area contributed by atoms with Gasteiger partial charge in [-0.1, -0.05) is 23.4 Å². The Kier molecular flexibility index (Phi) is 5.98. The molecule has 2 aromatic carbocycles. The highest BCUT2D eigenvalue weighted by molar-refractivity contribution is 7.89. The van der Waals surface area contributed by atoms with Crippen LogP contribution in [0.2, 0.25) is 0 Å². The number of methoxy groups -OCH3 is 1. The summed E-state index contributed by atoms with van der Waals surface area (Å²) in [6.45, 7) is 4.58. The smallest absolute Gasteiger partial charge is 0.253 e. The van der Waals surface area contributed by atoms with Gasteiger partial charge in [0, 0.05) is 44.2 Å². The monoisotopic (exact) mass is 456 g/mol. The minimum Gasteiger partial charge on any atom is -0.495 e. The maximum atomic E-state index is 13.2. The topological polar surface area (TPSA) is 106 Å². The van der Waals surface area contributed by atoms with Crippen molar-refractivity contribution in [2.24, 2.45) is 0 Å². The SMILES string of the molecule is COc1ccc(C)cc1S(=O)(=O)N1CCN(C(=O)c2ccc(-c3noc(C)n3)cc2)CC1. The molecule has 1 aliphatic rings. The Morgan fingerprint density at radius 2 is 1.72 bits per heavy atom. The van der Waals surface area contributed by atoms with Gasteiger partial charge < -0.3 is 14.2 Å². The molecule has 2 heterocycles. The van der Waals surface area contributed by atoms with E-state index >= 15 is 0 Å². The standard InChI is InChI=1S/C22H24N4O5S/c1-15-4-9-19(30-3)20(14-15)32(28,29)26-12-10-25(11-13-26)22(27)18-7-5-17(6-8-18)21-23-16(2)31-24-21/h4-9,14H,10-13H2,1-3H3. The van der Waals surface area contributed by atoms with E-state index in [-0.39, 0.29) is 23.9 Å². The Labute approximate surface area is 186 Å². The van der Waals surface area contributed by atoms with Gasteiger partial charge in [-0.25, -0.2) is 8.42 Å². The molecule has 1 aromatic heterocycles. The maximum Gasteiger partial charge on any atom is 0.253 e. The molecule has 10 heteroatoms. The van der Waals surface area contributed by atoms with E-state index < -0.39 is 10.0 Å². The summed E-state index contributed by atoms with van der Waals surface area (Å²) in [5.41, 5.74) is 2.10. The zero-order valence-electron chi connectivity index (χ0n) is 18.1. The summed E-state index contributed by atoms with van der Waals surface area (Å²) >= 11 is 0. The molecule has 3 aromatic rings. The Morgan fingerprint density at radius 1 is 1.03 bits per heavy atom. The van der Waals surface area contributed by atoms with E-state index in [0.717, 1.165) is 11.1 Å². The normalized spacial score (nSPS) is 15.0. The lowest BCUT2D eigenvalue weighted by Crippen LogP contribution is -2.50. The van der Waals surface area contributed by atoms with Gasteiger partial charge in [0.05, 0.1) is 7.11 Å². The van der Waals surface area contributed by atoms with Gasteiger partial charge in [0.15, 0.2) is 0 Å². The summed E-state index contributed by atoms with van der Waals surface area (Å²) in [6, 6.07) is 12.0. The molecule has 1 aliphatic heterocycles. The number of benzene rings is 2. The number of nitrogens with zero attached hydrogens (tertiary/aromatic N) is 4. The number of amides is 1. The first-order valence-electron chi connectivity index (χ1n) is 10.1. The van der Waals surface area contributed by atoms with E-state index in [1.54, 1.807) is 54.3 Å². The minimum absolute atomic E-state index is 0.145. The average molecular weight is 457 g/mol. The van der Waals surface area contributed by atoms with Crippen molar-refractivity contribution in [2.75, 3.05) is 33.3 Å². The largest absolute Gasteiger partial charge is 0.495 e. The maximum absolute atomic E-state index is 13.2. The summed E-state index contributed by atoms with van der Waals surface area (Å²) in [7, 11) is -2.28. The van der Waals surface area contributed by atoms with Crippen LogP contribution in [0, 0.1) is 13.8 Å². The predicted octanol–water partition coefficient (Wildman–Crippen LogP) is 2.51. The fourth-order valence-electron chi connectivity index (χ4n) is 3.62. The molecule has 0 atom stereocenters. The van der Waals surface area contributed by atoms with Crippen LogP contribution < -0.4 is 4.74 Å². The molecule has 0 bridgehead atoms. The van der Waals surface area contributed by atoms with Crippen molar-refractivity contribution < 1.29 is 22.5 Å². The highest BCUT2D eigenvalue weighted by Gasteiger charge is 2.32. The average Bonchev–Trinajstić information content (AvgIpc) is 3.25. The van der Waals surface area contributed by atoms with Crippen molar-refractivity contribution in [2.45, 2.75) is 18.7 Å². The summed E-state index contributed by atoms with van der Waals surface area (Å²) in [4.78, 5) is 18.9. The summed E-state index contributed by atoms with van der Waals surface area (Å²) in [6.07, 6.45) is 0. The van der Waals surface area contributed by atoms with Crippen molar-refractivity contribution in [3.63, 3.8) is 0 Å². The van der Waals surface area contributed by atoms with Crippen LogP contribution in [0.5, 0.6) is 5.75 Å². The summed E-state index contributed by atoms with van der Waals surface area (Å²) < 4.78 is 38.0. The molecular weight excluding hydrogens is 432 g/mol. The fraction of sp³-hybridized carbons (Fsp3) is 0.318. The number of carbonyl (C=O) groups excluding carboxylic acids is 1. The first-order chi connectivity index (χ1) is 15.3. The number of hydrogen-bond donors (Lipinski definition) is 0. The van der Waals surface area contributed by atoms with Gasteiger partial charge in [0.25, 0.3) is 5.91 Å². The fourth-order valence-corrected chi connectivity index (χ4v) is 5.28. The van der Waals surface area contributed by atoms with Gasteiger partial charge in [0.1, 0.15) is 10.6 Å². The molecule has 9 nitrogen and oxygen atoms in total. The number of hydrogen-bond acceptors (Lipinski definition) is 7. The molecule has 1 saturated heterocycles. The Bertz CT molecular complexity index is 1230. The van der Waals surface area contributed by atoms with Crippen LogP contribution in [0.15, 0.2) is 51.9 Å². The molecule has 0 saturated carbocycles. The second-order valence-corrected chi connectivity index (χ2v) is 9.47. The van der Waals surface area contributed by atoms with Gasteiger partial charge in [-0.05, 0) is 36.8 Å². The van der Waals surface area contributed by atoms with Crippen LogP contribution in [-0.4, -0.2) is 67.0 Å². The second kappa shape index (κ2) is 8.71. The minimum atomic E-state index is -3.73. The van der Waals surface area contributed by atoms with Gasteiger partial charge in [-0.15, -0.1) is 0 Å². The van der Waals surface area contributed by atoms with E-state index in [0.29, 0.717) is 36.1 Å².